The number of aromatic hydroxyl groups is 2. The Labute approximate surface area is 455 Å². The number of aliphatic hydroxyl groups is 3. The molecule has 2 unspecified atom stereocenters. The molecule has 25 nitrogen and oxygen atoms in total. The number of phenolic OH excluding ortho intramolecular Hbond substituents is 2. The molecule has 2 aromatic rings. The molecule has 2 aliphatic rings. The number of nitrogens with zero attached hydrogens (tertiary/aromatic N) is 1. The molecule has 27 heteroatoms. The van der Waals surface area contributed by atoms with Crippen LogP contribution in [0.15, 0.2) is 48.5 Å². The van der Waals surface area contributed by atoms with E-state index in [-0.39, 0.29) is 67.7 Å². The number of likely N-dealkylation sites (tertiary alicyclic amines) is 1. The smallest absolute Gasteiger partial charge is 0.305 e. The van der Waals surface area contributed by atoms with Crippen molar-refractivity contribution < 1.29 is 69.0 Å². The maximum absolute atomic E-state index is 14.4. The molecule has 2 fully saturated rings. The summed E-state index contributed by atoms with van der Waals surface area (Å²) >= 11 is 0. The van der Waals surface area contributed by atoms with E-state index in [1.807, 2.05) is 13.8 Å². The highest BCUT2D eigenvalue weighted by Crippen LogP contribution is 2.26. The number of likely N-dealkylation sites (N-methyl/N-ethyl adjacent to an activating group) is 2. The van der Waals surface area contributed by atoms with E-state index >= 15 is 0 Å². The van der Waals surface area contributed by atoms with Crippen LogP contribution in [0.25, 0.3) is 0 Å². The topological polar surface area (TPSA) is 381 Å². The number of carbonyl (C=O) groups excluding carboxylic acids is 7. The molecular weight excluding hydrogens is 1040 g/mol. The minimum Gasteiger partial charge on any atom is -0.508 e. The summed E-state index contributed by atoms with van der Waals surface area (Å²) in [4.78, 5) is 112. The number of carbonyl (C=O) groups is 8. The third-order valence-corrected chi connectivity index (χ3v) is 15.3. The van der Waals surface area contributed by atoms with E-state index in [1.165, 1.54) is 71.1 Å². The van der Waals surface area contributed by atoms with Crippen LogP contribution >= 0.6 is 21.6 Å². The number of β-amino-alcohol motifs (C(OH)–C–C–N with tert-alkyl or cyclic N) is 1. The average molecular weight is 1120 g/mol. The molecule has 0 saturated carbocycles. The SMILES string of the molecule is CNCC(NC)C(=O)N[C@@H](CC(C)C)C(=O)N1CCC[C@H]1C(=O)N[C@H]1CSSC[C@@H](C)NC(=O)[C@H](C(C)O)N[C@H](O)CNC(=O)[C@H](Cc2ccc(O)cc2)NC(=O)[C@H](Cc2ccc(O)cc2)NC(=O)[C@H](CC(=O)O)N[C@@H]1O. The minimum absolute atomic E-state index is 0.0318. The third kappa shape index (κ3) is 20.8. The van der Waals surface area contributed by atoms with Gasteiger partial charge < -0.3 is 78.1 Å². The first-order valence-electron chi connectivity index (χ1n) is 25.5. The summed E-state index contributed by atoms with van der Waals surface area (Å²) in [6.07, 6.45) is -5.29. The predicted octanol–water partition coefficient (Wildman–Crippen LogP) is -2.91. The standard InChI is InChI=1S/C50H77N11O14S2/c1-26(2)18-36(58-46(71)37(52-6)22-51-5)50(75)61-17-7-8-39(61)48(73)59-38-25-77-76-24-27(3)54-49(74)42(28(4)62)60-40(65)23-53-43(68)33(19-29-9-13-31(63)14-10-29)55-44(69)34(20-30-11-15-32(64)16-12-30)56-45(70)35(21-41(66)67)57-47(38)72/h9-16,26-28,33-40,42,47,51-52,57,60,62-65,72H,7-8,17-25H2,1-6H3,(H,53,68)(H,54,74)(H,55,69)(H,56,70)(H,58,71)(H,59,73)(H,66,67)/t27-,28?,33+,34+,35+,36+,37?,38+,39+,40-,42+,47-/m1/s1. The van der Waals surface area contributed by atoms with E-state index in [4.69, 9.17) is 0 Å². The van der Waals surface area contributed by atoms with Crippen molar-refractivity contribution in [2.24, 2.45) is 5.92 Å². The molecule has 0 aromatic heterocycles. The Kier molecular flexibility index (Phi) is 26.1. The zero-order valence-electron chi connectivity index (χ0n) is 44.1. The van der Waals surface area contributed by atoms with Gasteiger partial charge in [0.15, 0.2) is 0 Å². The lowest BCUT2D eigenvalue weighted by Gasteiger charge is -2.33. The lowest BCUT2D eigenvalue weighted by Crippen LogP contribution is -2.62. The fourth-order valence-corrected chi connectivity index (χ4v) is 11.1. The number of benzene rings is 2. The number of aliphatic hydroxyl groups excluding tert-OH is 3. The van der Waals surface area contributed by atoms with E-state index in [0.29, 0.717) is 17.5 Å². The minimum atomic E-state index is -1.86. The number of hydrogen-bond acceptors (Lipinski definition) is 19. The predicted molar refractivity (Wildman–Crippen MR) is 288 cm³/mol. The van der Waals surface area contributed by atoms with Crippen LogP contribution in [0, 0.1) is 5.92 Å². The van der Waals surface area contributed by atoms with E-state index in [2.05, 4.69) is 53.2 Å². The molecule has 12 atom stereocenters. The summed E-state index contributed by atoms with van der Waals surface area (Å²) in [6, 6.07) is 0.649. The number of rotatable bonds is 17. The van der Waals surface area contributed by atoms with Gasteiger partial charge in [0.05, 0.1) is 37.2 Å². The Morgan fingerprint density at radius 3 is 1.88 bits per heavy atom. The second-order valence-electron chi connectivity index (χ2n) is 19.6. The fourth-order valence-electron chi connectivity index (χ4n) is 8.58. The van der Waals surface area contributed by atoms with Crippen molar-refractivity contribution in [2.75, 3.05) is 45.2 Å². The van der Waals surface area contributed by atoms with Gasteiger partial charge in [0.1, 0.15) is 54.2 Å². The van der Waals surface area contributed by atoms with Gasteiger partial charge in [-0.15, -0.1) is 0 Å². The Bertz CT molecular complexity index is 2290. The van der Waals surface area contributed by atoms with Crippen LogP contribution in [0.5, 0.6) is 11.5 Å². The van der Waals surface area contributed by atoms with Crippen LogP contribution in [0.4, 0.5) is 0 Å². The summed E-state index contributed by atoms with van der Waals surface area (Å²) in [7, 11) is 5.65. The van der Waals surface area contributed by atoms with Gasteiger partial charge in [-0.2, -0.15) is 0 Å². The highest BCUT2D eigenvalue weighted by molar-refractivity contribution is 8.76. The second kappa shape index (κ2) is 31.6. The first kappa shape index (κ1) is 63.8. The lowest BCUT2D eigenvalue weighted by atomic mass is 10.0. The van der Waals surface area contributed by atoms with Crippen LogP contribution in [0.2, 0.25) is 0 Å². The Balaban J connectivity index is 1.72. The fraction of sp³-hybridized carbons (Fsp3) is 0.600. The van der Waals surface area contributed by atoms with Gasteiger partial charge in [0, 0.05) is 43.5 Å². The maximum atomic E-state index is 14.4. The normalized spacial score (nSPS) is 26.0. The maximum Gasteiger partial charge on any atom is 0.305 e. The number of nitrogens with one attached hydrogen (secondary N) is 10. The van der Waals surface area contributed by atoms with Crippen LogP contribution < -0.4 is 53.2 Å². The van der Waals surface area contributed by atoms with Crippen LogP contribution in [-0.4, -0.2) is 201 Å². The summed E-state index contributed by atoms with van der Waals surface area (Å²) in [5.41, 5.74) is 0.875. The van der Waals surface area contributed by atoms with Crippen molar-refractivity contribution in [3.63, 3.8) is 0 Å². The molecule has 2 aromatic carbocycles. The Morgan fingerprint density at radius 1 is 0.766 bits per heavy atom. The average Bonchev–Trinajstić information content (AvgIpc) is 3.87. The number of carboxylic acids is 1. The summed E-state index contributed by atoms with van der Waals surface area (Å²) < 4.78 is 0. The molecule has 428 valence electrons. The van der Waals surface area contributed by atoms with Crippen LogP contribution in [0.3, 0.4) is 0 Å². The molecule has 0 spiro atoms. The monoisotopic (exact) mass is 1120 g/mol. The van der Waals surface area contributed by atoms with Crippen molar-refractivity contribution in [2.45, 2.75) is 139 Å². The second-order valence-corrected chi connectivity index (χ2v) is 22.2. The lowest BCUT2D eigenvalue weighted by molar-refractivity contribution is -0.142. The van der Waals surface area contributed by atoms with Gasteiger partial charge in [-0.05, 0) is 88.5 Å². The first-order valence-corrected chi connectivity index (χ1v) is 28.0. The van der Waals surface area contributed by atoms with Crippen molar-refractivity contribution in [1.29, 1.82) is 0 Å². The van der Waals surface area contributed by atoms with Crippen molar-refractivity contribution in [3.8, 4) is 11.5 Å². The van der Waals surface area contributed by atoms with Gasteiger partial charge in [-0.3, -0.25) is 49.0 Å². The van der Waals surface area contributed by atoms with E-state index in [0.717, 1.165) is 10.8 Å². The number of amides is 7. The quantitative estimate of drug-likeness (QED) is 0.0706. The number of carboxylic acid groups (broad SMARTS) is 1. The van der Waals surface area contributed by atoms with E-state index in [1.54, 1.807) is 21.0 Å². The molecular formula is C50H77N11O14S2. The van der Waals surface area contributed by atoms with Crippen LogP contribution in [0.1, 0.15) is 64.5 Å². The molecule has 2 aliphatic heterocycles. The zero-order valence-corrected chi connectivity index (χ0v) is 45.7. The zero-order chi connectivity index (χ0) is 56.9. The Morgan fingerprint density at radius 2 is 1.34 bits per heavy atom. The highest BCUT2D eigenvalue weighted by atomic mass is 33.1. The summed E-state index contributed by atoms with van der Waals surface area (Å²) in [5, 5.41) is 90.7. The summed E-state index contributed by atoms with van der Waals surface area (Å²) in [5.74, 6) is -6.73. The molecule has 77 heavy (non-hydrogen) atoms. The largest absolute Gasteiger partial charge is 0.508 e. The third-order valence-electron chi connectivity index (χ3n) is 12.7. The molecule has 2 saturated heterocycles. The van der Waals surface area contributed by atoms with Crippen LogP contribution in [-0.2, 0) is 51.2 Å². The summed E-state index contributed by atoms with van der Waals surface area (Å²) in [6.45, 7) is 6.72. The molecule has 0 aliphatic carbocycles. The van der Waals surface area contributed by atoms with Gasteiger partial charge in [0.2, 0.25) is 41.4 Å². The molecule has 16 N–H and O–H groups in total. The highest BCUT2D eigenvalue weighted by Gasteiger charge is 2.41. The molecule has 2 heterocycles. The van der Waals surface area contributed by atoms with Crippen molar-refractivity contribution in [1.82, 2.24) is 58.1 Å². The van der Waals surface area contributed by atoms with Gasteiger partial charge in [0.25, 0.3) is 0 Å². The van der Waals surface area contributed by atoms with E-state index in [9.17, 15) is 69.0 Å². The first-order chi connectivity index (χ1) is 36.5. The van der Waals surface area contributed by atoms with Crippen molar-refractivity contribution >= 4 is 68.9 Å². The van der Waals surface area contributed by atoms with Gasteiger partial charge in [-0.25, -0.2) is 0 Å². The Hall–Kier alpha value is -5.78. The van der Waals surface area contributed by atoms with Crippen molar-refractivity contribution in [3.05, 3.63) is 59.7 Å². The number of hydrogen-bond donors (Lipinski definition) is 16. The number of phenols is 2. The molecule has 7 amide bonds. The molecule has 0 radical (unpaired) electrons. The molecule has 4 rings (SSSR count). The van der Waals surface area contributed by atoms with Gasteiger partial charge >= 0.3 is 5.97 Å². The number of aliphatic carboxylic acids is 1. The van der Waals surface area contributed by atoms with E-state index < -0.39 is 133 Å². The molecule has 0 bridgehead atoms. The van der Waals surface area contributed by atoms with Gasteiger partial charge in [-0.1, -0.05) is 59.7 Å².